The summed E-state index contributed by atoms with van der Waals surface area (Å²) in [6.07, 6.45) is 8.22. The lowest BCUT2D eigenvalue weighted by Gasteiger charge is -2.34. The number of amides is 2. The molecule has 0 aliphatic heterocycles. The topological polar surface area (TPSA) is 150 Å². The molecule has 3 rings (SSSR count). The molecular formula is C35H47Cl3N4O6. The number of hydrogen-bond donors (Lipinski definition) is 3. The van der Waals surface area contributed by atoms with Crippen molar-refractivity contribution in [2.75, 3.05) is 13.2 Å². The van der Waals surface area contributed by atoms with E-state index in [9.17, 15) is 19.2 Å². The number of alkyl halides is 3. The van der Waals surface area contributed by atoms with Crippen LogP contribution in [0, 0.1) is 11.3 Å². The van der Waals surface area contributed by atoms with Gasteiger partial charge in [-0.2, -0.15) is 0 Å². The second kappa shape index (κ2) is 18.2. The highest BCUT2D eigenvalue weighted by Crippen LogP contribution is 2.40. The molecule has 1 aromatic heterocycles. The number of aryl methyl sites for hydroxylation is 1. The molecular weight excluding hydrogens is 679 g/mol. The third-order valence-corrected chi connectivity index (χ3v) is 8.73. The van der Waals surface area contributed by atoms with E-state index in [0.717, 1.165) is 47.8 Å². The van der Waals surface area contributed by atoms with Crippen molar-refractivity contribution < 1.29 is 28.7 Å². The van der Waals surface area contributed by atoms with Gasteiger partial charge in [0.25, 0.3) is 5.91 Å². The molecule has 2 amide bonds. The van der Waals surface area contributed by atoms with Crippen LogP contribution in [0.3, 0.4) is 0 Å². The van der Waals surface area contributed by atoms with E-state index in [-0.39, 0.29) is 18.9 Å². The van der Waals surface area contributed by atoms with Crippen LogP contribution < -0.4 is 16.4 Å². The maximum atomic E-state index is 13.8. The van der Waals surface area contributed by atoms with E-state index in [2.05, 4.69) is 23.6 Å². The van der Waals surface area contributed by atoms with E-state index in [4.69, 9.17) is 55.0 Å². The first-order valence-electron chi connectivity index (χ1n) is 16.5. The molecule has 264 valence electrons. The van der Waals surface area contributed by atoms with Crippen molar-refractivity contribution >= 4 is 75.5 Å². The van der Waals surface area contributed by atoms with Gasteiger partial charge >= 0.3 is 11.9 Å². The van der Waals surface area contributed by atoms with Crippen LogP contribution in [0.2, 0.25) is 0 Å². The SMILES string of the molecule is CCc1ccc2ccc(/C=C/C3(C(=O)OC(C(=O)NC(C)C(=O)NCCCC(N)C(=O)OCC(Cl)(Cl)Cl)C(C)C)CCCCC3)cc2n1. The lowest BCUT2D eigenvalue weighted by atomic mass is 9.73. The molecule has 1 aliphatic rings. The fourth-order valence-corrected chi connectivity index (χ4v) is 5.67. The Hall–Kier alpha value is -2.92. The molecule has 0 saturated heterocycles. The molecule has 1 heterocycles. The van der Waals surface area contributed by atoms with Crippen LogP contribution in [0.15, 0.2) is 36.4 Å². The second-order valence-electron chi connectivity index (χ2n) is 12.7. The van der Waals surface area contributed by atoms with Gasteiger partial charge in [0.15, 0.2) is 6.10 Å². The molecule has 3 unspecified atom stereocenters. The summed E-state index contributed by atoms with van der Waals surface area (Å²) in [7, 11) is 0. The van der Waals surface area contributed by atoms with Crippen molar-refractivity contribution in [3.05, 3.63) is 47.7 Å². The molecule has 0 radical (unpaired) electrons. The number of nitrogens with two attached hydrogens (primary N) is 1. The molecule has 4 N–H and O–H groups in total. The molecule has 13 heteroatoms. The lowest BCUT2D eigenvalue weighted by Crippen LogP contribution is -2.51. The van der Waals surface area contributed by atoms with E-state index >= 15 is 0 Å². The number of pyridine rings is 1. The van der Waals surface area contributed by atoms with Crippen molar-refractivity contribution in [2.45, 2.75) is 101 Å². The van der Waals surface area contributed by atoms with Crippen LogP contribution in [0.25, 0.3) is 17.0 Å². The Morgan fingerprint density at radius 1 is 1.04 bits per heavy atom. The molecule has 0 bridgehead atoms. The highest BCUT2D eigenvalue weighted by atomic mass is 35.6. The first-order chi connectivity index (χ1) is 22.6. The first kappa shape index (κ1) is 39.5. The van der Waals surface area contributed by atoms with Gasteiger partial charge in [-0.1, -0.05) is 105 Å². The number of aromatic nitrogens is 1. The highest BCUT2D eigenvalue weighted by molar-refractivity contribution is 6.67. The summed E-state index contributed by atoms with van der Waals surface area (Å²) < 4.78 is 9.07. The largest absolute Gasteiger partial charge is 0.460 e. The van der Waals surface area contributed by atoms with Crippen molar-refractivity contribution in [1.29, 1.82) is 0 Å². The van der Waals surface area contributed by atoms with Crippen molar-refractivity contribution in [3.63, 3.8) is 0 Å². The Kier molecular flexibility index (Phi) is 15.0. The number of fused-ring (bicyclic) bond motifs is 1. The normalized spacial score (nSPS) is 16.7. The summed E-state index contributed by atoms with van der Waals surface area (Å²) in [4.78, 5) is 56.5. The van der Waals surface area contributed by atoms with E-state index < -0.39 is 57.8 Å². The third kappa shape index (κ3) is 11.9. The number of esters is 2. The molecule has 2 aromatic rings. The zero-order valence-corrected chi connectivity index (χ0v) is 30.3. The minimum Gasteiger partial charge on any atom is -0.460 e. The average Bonchev–Trinajstić information content (AvgIpc) is 3.05. The number of halogens is 3. The van der Waals surface area contributed by atoms with Gasteiger partial charge < -0.3 is 25.8 Å². The van der Waals surface area contributed by atoms with Crippen LogP contribution in [0.4, 0.5) is 0 Å². The summed E-state index contributed by atoms with van der Waals surface area (Å²) in [5.41, 5.74) is 7.79. The maximum Gasteiger partial charge on any atom is 0.323 e. The standard InChI is InChI=1S/C35H47Cl3N4O6/c1-5-26-14-13-25-12-11-24(20-28(25)42-26)15-18-34(16-7-6-8-17-34)33(46)48-29(22(2)3)31(44)41-23(4)30(43)40-19-9-10-27(39)32(45)47-21-35(36,37)38/h11-15,18,20,22-23,27,29H,5-10,16-17,19,21,39H2,1-4H3,(H,40,43)(H,41,44)/b18-15+. The van der Waals surface area contributed by atoms with Crippen LogP contribution >= 0.6 is 34.8 Å². The van der Waals surface area contributed by atoms with E-state index in [1.54, 1.807) is 20.8 Å². The summed E-state index contributed by atoms with van der Waals surface area (Å²) >= 11 is 16.7. The van der Waals surface area contributed by atoms with E-state index in [0.29, 0.717) is 19.3 Å². The minimum absolute atomic E-state index is 0.203. The zero-order chi connectivity index (χ0) is 35.5. The van der Waals surface area contributed by atoms with Crippen LogP contribution in [-0.4, -0.2) is 63.9 Å². The van der Waals surface area contributed by atoms with E-state index in [1.165, 1.54) is 0 Å². The molecule has 48 heavy (non-hydrogen) atoms. The number of nitrogens with zero attached hydrogens (tertiary/aromatic N) is 1. The number of carbonyl (C=O) groups excluding carboxylic acids is 4. The smallest absolute Gasteiger partial charge is 0.323 e. The quantitative estimate of drug-likeness (QED) is 0.116. The Balaban J connectivity index is 1.58. The van der Waals surface area contributed by atoms with Crippen molar-refractivity contribution in [1.82, 2.24) is 15.6 Å². The zero-order valence-electron chi connectivity index (χ0n) is 28.0. The van der Waals surface area contributed by atoms with Gasteiger partial charge in [0.05, 0.1) is 10.9 Å². The van der Waals surface area contributed by atoms with Gasteiger partial charge in [0.2, 0.25) is 9.70 Å². The Labute approximate surface area is 297 Å². The van der Waals surface area contributed by atoms with Gasteiger partial charge in [0.1, 0.15) is 18.7 Å². The van der Waals surface area contributed by atoms with Gasteiger partial charge in [-0.3, -0.25) is 24.2 Å². The fraction of sp³-hybridized carbons (Fsp3) is 0.571. The number of hydrogen-bond acceptors (Lipinski definition) is 8. The molecule has 10 nitrogen and oxygen atoms in total. The van der Waals surface area contributed by atoms with E-state index in [1.807, 2.05) is 36.4 Å². The molecule has 1 aromatic carbocycles. The average molecular weight is 726 g/mol. The number of benzene rings is 1. The molecule has 0 spiro atoms. The Morgan fingerprint density at radius 3 is 2.38 bits per heavy atom. The number of rotatable bonds is 15. The lowest BCUT2D eigenvalue weighted by molar-refractivity contribution is -0.168. The molecule has 1 aliphatic carbocycles. The van der Waals surface area contributed by atoms with Crippen LogP contribution in [0.5, 0.6) is 0 Å². The Morgan fingerprint density at radius 2 is 1.73 bits per heavy atom. The summed E-state index contributed by atoms with van der Waals surface area (Å²) in [5, 5.41) is 6.43. The number of ether oxygens (including phenoxy) is 2. The first-order valence-corrected chi connectivity index (χ1v) is 17.6. The molecule has 3 atom stereocenters. The Bertz CT molecular complexity index is 1460. The van der Waals surface area contributed by atoms with Crippen LogP contribution in [-0.2, 0) is 35.1 Å². The highest BCUT2D eigenvalue weighted by Gasteiger charge is 2.41. The molecule has 1 fully saturated rings. The minimum atomic E-state index is -1.74. The second-order valence-corrected chi connectivity index (χ2v) is 15.2. The summed E-state index contributed by atoms with van der Waals surface area (Å²) in [5.74, 6) is -2.49. The van der Waals surface area contributed by atoms with Crippen molar-refractivity contribution in [2.24, 2.45) is 17.1 Å². The van der Waals surface area contributed by atoms with Gasteiger partial charge in [-0.15, -0.1) is 0 Å². The predicted octanol–water partition coefficient (Wildman–Crippen LogP) is 5.97. The third-order valence-electron chi connectivity index (χ3n) is 8.41. The predicted molar refractivity (Wildman–Crippen MR) is 189 cm³/mol. The monoisotopic (exact) mass is 724 g/mol. The maximum absolute atomic E-state index is 13.8. The van der Waals surface area contributed by atoms with Crippen LogP contribution in [0.1, 0.15) is 83.9 Å². The van der Waals surface area contributed by atoms with Gasteiger partial charge in [-0.25, -0.2) is 0 Å². The van der Waals surface area contributed by atoms with Gasteiger partial charge in [-0.05, 0) is 62.6 Å². The number of carbonyl (C=O) groups is 4. The summed E-state index contributed by atoms with van der Waals surface area (Å²) in [6.45, 7) is 6.97. The fourth-order valence-electron chi connectivity index (χ4n) is 5.50. The van der Waals surface area contributed by atoms with Crippen molar-refractivity contribution in [3.8, 4) is 0 Å². The van der Waals surface area contributed by atoms with Gasteiger partial charge in [0, 0.05) is 17.6 Å². The number of nitrogens with one attached hydrogen (secondary N) is 2. The molecule has 1 saturated carbocycles. The summed E-state index contributed by atoms with van der Waals surface area (Å²) in [6, 6.07) is 8.27.